The SMILES string of the molecule is Cn1ccnc1CCNc1nccn1C. The van der Waals surface area contributed by atoms with E-state index in [4.69, 9.17) is 0 Å². The average molecular weight is 205 g/mol. The van der Waals surface area contributed by atoms with Crippen LogP contribution >= 0.6 is 0 Å². The smallest absolute Gasteiger partial charge is 0.202 e. The van der Waals surface area contributed by atoms with Crippen molar-refractivity contribution >= 4 is 5.95 Å². The number of aryl methyl sites for hydroxylation is 2. The van der Waals surface area contributed by atoms with Gasteiger partial charge in [0.15, 0.2) is 0 Å². The Morgan fingerprint density at radius 3 is 2.47 bits per heavy atom. The molecule has 2 aromatic heterocycles. The van der Waals surface area contributed by atoms with Crippen LogP contribution in [0.25, 0.3) is 0 Å². The summed E-state index contributed by atoms with van der Waals surface area (Å²) >= 11 is 0. The molecule has 0 aliphatic rings. The molecule has 0 bridgehead atoms. The zero-order valence-corrected chi connectivity index (χ0v) is 9.01. The van der Waals surface area contributed by atoms with Gasteiger partial charge in [0.2, 0.25) is 5.95 Å². The maximum absolute atomic E-state index is 4.25. The first-order valence-electron chi connectivity index (χ1n) is 4.95. The zero-order chi connectivity index (χ0) is 10.7. The molecule has 0 fully saturated rings. The van der Waals surface area contributed by atoms with Gasteiger partial charge in [-0.25, -0.2) is 9.97 Å². The van der Waals surface area contributed by atoms with Gasteiger partial charge in [-0.15, -0.1) is 0 Å². The predicted molar refractivity (Wildman–Crippen MR) is 58.6 cm³/mol. The third kappa shape index (κ3) is 2.18. The van der Waals surface area contributed by atoms with Crippen molar-refractivity contribution in [1.29, 1.82) is 0 Å². The molecule has 2 rings (SSSR count). The lowest BCUT2D eigenvalue weighted by atomic mass is 10.4. The van der Waals surface area contributed by atoms with Crippen LogP contribution in [0, 0.1) is 0 Å². The summed E-state index contributed by atoms with van der Waals surface area (Å²) in [5, 5.41) is 3.26. The fourth-order valence-electron chi connectivity index (χ4n) is 1.46. The van der Waals surface area contributed by atoms with Gasteiger partial charge < -0.3 is 14.5 Å². The molecular weight excluding hydrogens is 190 g/mol. The number of aromatic nitrogens is 4. The van der Waals surface area contributed by atoms with E-state index in [1.165, 1.54) is 0 Å². The van der Waals surface area contributed by atoms with Crippen LogP contribution in [0.1, 0.15) is 5.82 Å². The van der Waals surface area contributed by atoms with Crippen LogP contribution in [0.2, 0.25) is 0 Å². The molecule has 0 aliphatic heterocycles. The van der Waals surface area contributed by atoms with Crippen LogP contribution in [-0.4, -0.2) is 25.6 Å². The fraction of sp³-hybridized carbons (Fsp3) is 0.400. The molecule has 0 radical (unpaired) electrons. The second-order valence-electron chi connectivity index (χ2n) is 3.49. The summed E-state index contributed by atoms with van der Waals surface area (Å²) in [6.45, 7) is 0.843. The lowest BCUT2D eigenvalue weighted by Gasteiger charge is -2.05. The summed E-state index contributed by atoms with van der Waals surface area (Å²) in [6.07, 6.45) is 8.37. The lowest BCUT2D eigenvalue weighted by Crippen LogP contribution is -2.11. The molecule has 15 heavy (non-hydrogen) atoms. The van der Waals surface area contributed by atoms with Gasteiger partial charge >= 0.3 is 0 Å². The second kappa shape index (κ2) is 4.16. The molecule has 0 atom stereocenters. The van der Waals surface area contributed by atoms with Crippen molar-refractivity contribution in [3.8, 4) is 0 Å². The molecule has 5 nitrogen and oxygen atoms in total. The molecule has 0 aliphatic carbocycles. The Bertz CT molecular complexity index is 388. The van der Waals surface area contributed by atoms with Gasteiger partial charge in [-0.2, -0.15) is 0 Å². The first kappa shape index (κ1) is 9.76. The van der Waals surface area contributed by atoms with Gasteiger partial charge in [-0.3, -0.25) is 0 Å². The van der Waals surface area contributed by atoms with E-state index >= 15 is 0 Å². The van der Waals surface area contributed by atoms with E-state index in [9.17, 15) is 0 Å². The minimum Gasteiger partial charge on any atom is -0.355 e. The van der Waals surface area contributed by atoms with Gasteiger partial charge in [0.1, 0.15) is 5.82 Å². The summed E-state index contributed by atoms with van der Waals surface area (Å²) in [7, 11) is 3.97. The van der Waals surface area contributed by atoms with E-state index in [1.807, 2.05) is 41.8 Å². The molecule has 0 saturated heterocycles. The van der Waals surface area contributed by atoms with E-state index in [1.54, 1.807) is 6.20 Å². The highest BCUT2D eigenvalue weighted by atomic mass is 15.2. The first-order chi connectivity index (χ1) is 7.27. The van der Waals surface area contributed by atoms with Crippen LogP contribution < -0.4 is 5.32 Å². The molecule has 0 saturated carbocycles. The zero-order valence-electron chi connectivity index (χ0n) is 9.01. The number of nitrogens with one attached hydrogen (secondary N) is 1. The summed E-state index contributed by atoms with van der Waals surface area (Å²) < 4.78 is 3.98. The standard InChI is InChI=1S/C10H15N5/c1-14-7-5-11-9(14)3-4-12-10-13-6-8-15(10)2/h5-8H,3-4H2,1-2H3,(H,12,13). The van der Waals surface area contributed by atoms with Crippen molar-refractivity contribution in [1.82, 2.24) is 19.1 Å². The highest BCUT2D eigenvalue weighted by Gasteiger charge is 2.00. The molecule has 2 aromatic rings. The van der Waals surface area contributed by atoms with Gasteiger partial charge in [0, 0.05) is 51.8 Å². The van der Waals surface area contributed by atoms with E-state index in [2.05, 4.69) is 15.3 Å². The molecule has 2 heterocycles. The normalized spacial score (nSPS) is 10.5. The summed E-state index contributed by atoms with van der Waals surface area (Å²) in [5.41, 5.74) is 0. The van der Waals surface area contributed by atoms with Crippen molar-refractivity contribution in [3.63, 3.8) is 0 Å². The predicted octanol–water partition coefficient (Wildman–Crippen LogP) is 0.808. The number of hydrogen-bond acceptors (Lipinski definition) is 3. The minimum absolute atomic E-state index is 0.843. The van der Waals surface area contributed by atoms with Gasteiger partial charge in [0.05, 0.1) is 0 Å². The molecule has 0 amide bonds. The van der Waals surface area contributed by atoms with E-state index in [0.29, 0.717) is 0 Å². The summed E-state index contributed by atoms with van der Waals surface area (Å²) in [5.74, 6) is 1.97. The Morgan fingerprint density at radius 1 is 1.13 bits per heavy atom. The van der Waals surface area contributed by atoms with Crippen LogP contribution in [-0.2, 0) is 20.5 Å². The van der Waals surface area contributed by atoms with E-state index in [-0.39, 0.29) is 0 Å². The second-order valence-corrected chi connectivity index (χ2v) is 3.49. The van der Waals surface area contributed by atoms with Crippen molar-refractivity contribution in [2.45, 2.75) is 6.42 Å². The van der Waals surface area contributed by atoms with Crippen molar-refractivity contribution < 1.29 is 0 Å². The summed E-state index contributed by atoms with van der Waals surface area (Å²) in [4.78, 5) is 8.43. The Balaban J connectivity index is 1.86. The van der Waals surface area contributed by atoms with Crippen molar-refractivity contribution in [3.05, 3.63) is 30.6 Å². The number of anilines is 1. The largest absolute Gasteiger partial charge is 0.355 e. The molecule has 5 heteroatoms. The molecule has 80 valence electrons. The quantitative estimate of drug-likeness (QED) is 0.803. The van der Waals surface area contributed by atoms with Crippen molar-refractivity contribution in [2.75, 3.05) is 11.9 Å². The Labute approximate surface area is 88.8 Å². The monoisotopic (exact) mass is 205 g/mol. The van der Waals surface area contributed by atoms with Crippen LogP contribution in [0.4, 0.5) is 5.95 Å². The highest BCUT2D eigenvalue weighted by molar-refractivity contribution is 5.25. The maximum atomic E-state index is 4.25. The van der Waals surface area contributed by atoms with Crippen molar-refractivity contribution in [2.24, 2.45) is 14.1 Å². The van der Waals surface area contributed by atoms with Gasteiger partial charge in [-0.1, -0.05) is 0 Å². The lowest BCUT2D eigenvalue weighted by molar-refractivity contribution is 0.782. The number of imidazole rings is 2. The molecular formula is C10H15N5. The van der Waals surface area contributed by atoms with Gasteiger partial charge in [-0.05, 0) is 0 Å². The molecule has 0 aromatic carbocycles. The van der Waals surface area contributed by atoms with Crippen LogP contribution in [0.3, 0.4) is 0 Å². The van der Waals surface area contributed by atoms with Gasteiger partial charge in [0.25, 0.3) is 0 Å². The Kier molecular flexibility index (Phi) is 2.71. The minimum atomic E-state index is 0.843. The highest BCUT2D eigenvalue weighted by Crippen LogP contribution is 2.01. The van der Waals surface area contributed by atoms with E-state index < -0.39 is 0 Å². The molecule has 0 spiro atoms. The number of hydrogen-bond donors (Lipinski definition) is 1. The number of nitrogens with zero attached hydrogens (tertiary/aromatic N) is 4. The summed E-state index contributed by atoms with van der Waals surface area (Å²) in [6, 6.07) is 0. The average Bonchev–Trinajstić information content (AvgIpc) is 2.78. The molecule has 0 unspecified atom stereocenters. The fourth-order valence-corrected chi connectivity index (χ4v) is 1.46. The number of rotatable bonds is 4. The van der Waals surface area contributed by atoms with Crippen LogP contribution in [0.5, 0.6) is 0 Å². The molecule has 1 N–H and O–H groups in total. The first-order valence-corrected chi connectivity index (χ1v) is 4.95. The van der Waals surface area contributed by atoms with E-state index in [0.717, 1.165) is 24.7 Å². The third-order valence-corrected chi connectivity index (χ3v) is 2.37. The third-order valence-electron chi connectivity index (χ3n) is 2.37. The Morgan fingerprint density at radius 2 is 1.87 bits per heavy atom. The maximum Gasteiger partial charge on any atom is 0.202 e. The van der Waals surface area contributed by atoms with Crippen LogP contribution in [0.15, 0.2) is 24.8 Å². The Hall–Kier alpha value is -1.78. The topological polar surface area (TPSA) is 47.7 Å².